The van der Waals surface area contributed by atoms with Gasteiger partial charge in [0.2, 0.25) is 5.91 Å². The molecule has 0 fully saturated rings. The van der Waals surface area contributed by atoms with E-state index in [1.54, 1.807) is 23.9 Å². The second-order valence-corrected chi connectivity index (χ2v) is 7.89. The van der Waals surface area contributed by atoms with Crippen LogP contribution in [0.5, 0.6) is 0 Å². The van der Waals surface area contributed by atoms with Crippen molar-refractivity contribution in [3.05, 3.63) is 72.3 Å². The van der Waals surface area contributed by atoms with Crippen molar-refractivity contribution in [2.75, 3.05) is 34.8 Å². The molecule has 3 N–H and O–H groups in total. The number of anilines is 3. The van der Waals surface area contributed by atoms with Crippen LogP contribution >= 0.6 is 11.8 Å². The number of hydrogen-bond acceptors (Lipinski definition) is 5. The van der Waals surface area contributed by atoms with Crippen LogP contribution < -0.4 is 16.0 Å². The topological polar surface area (TPSA) is 70.7 Å². The normalized spacial score (nSPS) is 16.2. The fraction of sp³-hybridized carbons (Fsp3) is 0.250. The predicted molar refractivity (Wildman–Crippen MR) is 131 cm³/mol. The van der Waals surface area contributed by atoms with Gasteiger partial charge in [0, 0.05) is 24.5 Å². The van der Waals surface area contributed by atoms with Gasteiger partial charge in [-0.15, -0.1) is 11.8 Å². The number of thioether (sulfide) groups is 1. The van der Waals surface area contributed by atoms with Crippen molar-refractivity contribution in [3.63, 3.8) is 0 Å². The number of allylic oxidation sites excluding steroid dienone is 2. The summed E-state index contributed by atoms with van der Waals surface area (Å²) in [7, 11) is 0. The summed E-state index contributed by atoms with van der Waals surface area (Å²) in [6.07, 6.45) is 7.95. The molecule has 0 saturated heterocycles. The van der Waals surface area contributed by atoms with Gasteiger partial charge in [0.1, 0.15) is 6.04 Å². The van der Waals surface area contributed by atoms with Gasteiger partial charge in [-0.2, -0.15) is 0 Å². The number of carbonyl (C=O) groups excluding carboxylic acids is 1. The van der Waals surface area contributed by atoms with Crippen LogP contribution in [0.15, 0.2) is 71.8 Å². The molecule has 0 bridgehead atoms. The van der Waals surface area contributed by atoms with Crippen LogP contribution in [-0.2, 0) is 4.79 Å². The number of amides is 1. The van der Waals surface area contributed by atoms with Crippen molar-refractivity contribution in [2.24, 2.45) is 4.99 Å². The smallest absolute Gasteiger partial charge is 0.250 e. The lowest BCUT2D eigenvalue weighted by molar-refractivity contribution is -0.116. The van der Waals surface area contributed by atoms with Crippen LogP contribution in [-0.4, -0.2) is 35.8 Å². The van der Waals surface area contributed by atoms with E-state index in [0.29, 0.717) is 17.1 Å². The number of nitrogens with one attached hydrogen (secondary N) is 1. The van der Waals surface area contributed by atoms with E-state index in [-0.39, 0.29) is 5.91 Å². The summed E-state index contributed by atoms with van der Waals surface area (Å²) < 4.78 is 0. The number of carbonyl (C=O) groups is 1. The number of hydrogen-bond donors (Lipinski definition) is 2. The first-order valence-electron chi connectivity index (χ1n) is 10.2. The van der Waals surface area contributed by atoms with Gasteiger partial charge in [-0.25, -0.2) is 0 Å². The van der Waals surface area contributed by atoms with Gasteiger partial charge in [-0.1, -0.05) is 42.5 Å². The molecule has 6 heteroatoms. The second kappa shape index (κ2) is 10.7. The van der Waals surface area contributed by atoms with E-state index in [1.165, 1.54) is 5.69 Å². The first kappa shape index (κ1) is 21.7. The number of rotatable bonds is 8. The predicted octanol–water partition coefficient (Wildman–Crippen LogP) is 4.84. The van der Waals surface area contributed by atoms with Gasteiger partial charge in [0.15, 0.2) is 0 Å². The van der Waals surface area contributed by atoms with Crippen molar-refractivity contribution < 1.29 is 4.79 Å². The molecule has 30 heavy (non-hydrogen) atoms. The average Bonchev–Trinajstić information content (AvgIpc) is 3.24. The molecule has 2 aromatic carbocycles. The molecule has 3 rings (SSSR count). The van der Waals surface area contributed by atoms with E-state index in [4.69, 9.17) is 5.73 Å². The number of benzene rings is 2. The monoisotopic (exact) mass is 420 g/mol. The zero-order valence-electron chi connectivity index (χ0n) is 17.4. The molecule has 0 aliphatic carbocycles. The van der Waals surface area contributed by atoms with Gasteiger partial charge in [-0.3, -0.25) is 9.79 Å². The molecule has 1 amide bonds. The van der Waals surface area contributed by atoms with E-state index in [0.717, 1.165) is 23.7 Å². The quantitative estimate of drug-likeness (QED) is 0.474. The molecule has 1 atom stereocenters. The Hall–Kier alpha value is -2.99. The van der Waals surface area contributed by atoms with Crippen LogP contribution in [0.25, 0.3) is 6.08 Å². The first-order valence-corrected chi connectivity index (χ1v) is 11.1. The Labute approximate surface area is 182 Å². The fourth-order valence-electron chi connectivity index (χ4n) is 3.13. The number of para-hydroxylation sites is 2. The summed E-state index contributed by atoms with van der Waals surface area (Å²) in [6, 6.07) is 15.4. The van der Waals surface area contributed by atoms with Crippen molar-refractivity contribution in [3.8, 4) is 0 Å². The van der Waals surface area contributed by atoms with Gasteiger partial charge >= 0.3 is 0 Å². The third-order valence-corrected chi connectivity index (χ3v) is 5.87. The highest BCUT2D eigenvalue weighted by Crippen LogP contribution is 2.22. The number of nitrogens with zero attached hydrogens (tertiary/aromatic N) is 2. The molecule has 5 nitrogen and oxygen atoms in total. The maximum atomic E-state index is 12.4. The lowest BCUT2D eigenvalue weighted by Crippen LogP contribution is -2.26. The summed E-state index contributed by atoms with van der Waals surface area (Å²) in [6.45, 7) is 6.34. The van der Waals surface area contributed by atoms with Gasteiger partial charge in [0.25, 0.3) is 0 Å². The zero-order chi connectivity index (χ0) is 21.3. The Kier molecular flexibility index (Phi) is 7.74. The highest BCUT2D eigenvalue weighted by molar-refractivity contribution is 8.14. The molecule has 0 spiro atoms. The lowest BCUT2D eigenvalue weighted by atomic mass is 10.2. The SMILES string of the molecule is CCN(CC)c1ccc(/C=C/C=C/C2=N[C@@H](C(=O)Nc3ccccc3N)CS2)cc1. The Bertz CT molecular complexity index is 946. The van der Waals surface area contributed by atoms with Gasteiger partial charge < -0.3 is 16.0 Å². The molecule has 1 aliphatic rings. The van der Waals surface area contributed by atoms with Crippen molar-refractivity contribution >= 4 is 45.9 Å². The fourth-order valence-corrected chi connectivity index (χ4v) is 4.07. The molecular weight excluding hydrogens is 392 g/mol. The number of aliphatic imine (C=N–C) groups is 1. The summed E-state index contributed by atoms with van der Waals surface area (Å²) in [5.41, 5.74) is 9.45. The molecule has 0 unspecified atom stereocenters. The molecule has 2 aromatic rings. The van der Waals surface area contributed by atoms with E-state index in [2.05, 4.69) is 59.4 Å². The maximum Gasteiger partial charge on any atom is 0.250 e. The molecule has 1 heterocycles. The van der Waals surface area contributed by atoms with E-state index < -0.39 is 6.04 Å². The Morgan fingerprint density at radius 3 is 2.53 bits per heavy atom. The van der Waals surface area contributed by atoms with E-state index in [9.17, 15) is 4.79 Å². The molecular formula is C24H28N4OS. The Morgan fingerprint density at radius 1 is 1.13 bits per heavy atom. The van der Waals surface area contributed by atoms with Crippen molar-refractivity contribution in [1.82, 2.24) is 0 Å². The summed E-state index contributed by atoms with van der Waals surface area (Å²) in [4.78, 5) is 19.2. The Morgan fingerprint density at radius 2 is 1.83 bits per heavy atom. The largest absolute Gasteiger partial charge is 0.397 e. The summed E-state index contributed by atoms with van der Waals surface area (Å²) in [5, 5.41) is 3.72. The summed E-state index contributed by atoms with van der Waals surface area (Å²) >= 11 is 1.58. The van der Waals surface area contributed by atoms with E-state index in [1.807, 2.05) is 30.4 Å². The third kappa shape index (κ3) is 5.76. The van der Waals surface area contributed by atoms with Gasteiger partial charge in [0.05, 0.1) is 16.4 Å². The lowest BCUT2D eigenvalue weighted by Gasteiger charge is -2.20. The minimum Gasteiger partial charge on any atom is -0.397 e. The minimum atomic E-state index is -0.397. The molecule has 1 aliphatic heterocycles. The van der Waals surface area contributed by atoms with Crippen LogP contribution in [0.1, 0.15) is 19.4 Å². The Balaban J connectivity index is 1.54. The van der Waals surface area contributed by atoms with Crippen molar-refractivity contribution in [2.45, 2.75) is 19.9 Å². The number of nitrogens with two attached hydrogens (primary N) is 1. The maximum absolute atomic E-state index is 12.4. The van der Waals surface area contributed by atoms with Crippen LogP contribution in [0.4, 0.5) is 17.1 Å². The molecule has 156 valence electrons. The highest BCUT2D eigenvalue weighted by atomic mass is 32.2. The van der Waals surface area contributed by atoms with E-state index >= 15 is 0 Å². The summed E-state index contributed by atoms with van der Waals surface area (Å²) in [5.74, 6) is 0.502. The highest BCUT2D eigenvalue weighted by Gasteiger charge is 2.24. The van der Waals surface area contributed by atoms with Crippen LogP contribution in [0.2, 0.25) is 0 Å². The van der Waals surface area contributed by atoms with Crippen LogP contribution in [0, 0.1) is 0 Å². The number of nitrogen functional groups attached to an aromatic ring is 1. The first-order chi connectivity index (χ1) is 14.6. The molecule has 0 radical (unpaired) electrons. The van der Waals surface area contributed by atoms with Crippen LogP contribution in [0.3, 0.4) is 0 Å². The van der Waals surface area contributed by atoms with Crippen molar-refractivity contribution in [1.29, 1.82) is 0 Å². The minimum absolute atomic E-state index is 0.132. The van der Waals surface area contributed by atoms with Gasteiger partial charge in [-0.05, 0) is 49.8 Å². The second-order valence-electron chi connectivity index (χ2n) is 6.85. The molecule has 0 saturated carbocycles. The zero-order valence-corrected chi connectivity index (χ0v) is 18.2. The third-order valence-electron chi connectivity index (χ3n) is 4.85. The standard InChI is InChI=1S/C24H28N4OS/c1-3-28(4-2)19-15-13-18(14-16-19)9-5-8-12-23-26-22(17-30-23)24(29)27-21-11-7-6-10-20(21)25/h5-16,22H,3-4,17,25H2,1-2H3,(H,27,29)/b9-5+,12-8+/t22-/m1/s1. The average molecular weight is 421 g/mol. The molecule has 0 aromatic heterocycles.